The van der Waals surface area contributed by atoms with Crippen molar-refractivity contribution in [1.82, 2.24) is 15.0 Å². The van der Waals surface area contributed by atoms with E-state index in [2.05, 4.69) is 30.9 Å². The molecule has 3 aromatic rings. The van der Waals surface area contributed by atoms with Crippen LogP contribution in [0.2, 0.25) is 0 Å². The zero-order valence-electron chi connectivity index (χ0n) is 11.7. The number of nitrogens with zero attached hydrogens (tertiary/aromatic N) is 3. The topological polar surface area (TPSA) is 64.7 Å². The Morgan fingerprint density at radius 3 is 2.23 bits per heavy atom. The van der Waals surface area contributed by atoms with Gasteiger partial charge in [-0.2, -0.15) is 0 Å². The molecule has 0 aliphatic carbocycles. The highest BCUT2D eigenvalue weighted by molar-refractivity contribution is 9.10. The van der Waals surface area contributed by atoms with E-state index in [-0.39, 0.29) is 5.82 Å². The Kier molecular flexibility index (Phi) is 5.97. The molecule has 0 aliphatic heterocycles. The van der Waals surface area contributed by atoms with Crippen LogP contribution in [0.5, 0.6) is 0 Å². The molecule has 0 saturated heterocycles. The van der Waals surface area contributed by atoms with Crippen LogP contribution in [0.15, 0.2) is 65.8 Å². The lowest BCUT2D eigenvalue weighted by Gasteiger charge is -2.02. The van der Waals surface area contributed by atoms with E-state index in [0.29, 0.717) is 10.3 Å². The Morgan fingerprint density at radius 1 is 0.955 bits per heavy atom. The summed E-state index contributed by atoms with van der Waals surface area (Å²) in [5.41, 5.74) is 7.45. The van der Waals surface area contributed by atoms with Crippen molar-refractivity contribution >= 4 is 21.7 Å². The summed E-state index contributed by atoms with van der Waals surface area (Å²) in [6, 6.07) is 10.6. The summed E-state index contributed by atoms with van der Waals surface area (Å²) in [5.74, 6) is 0.281. The molecular weight excluding hydrogens is 347 g/mol. The van der Waals surface area contributed by atoms with Crippen molar-refractivity contribution in [3.05, 3.63) is 82.7 Å². The van der Waals surface area contributed by atoms with Gasteiger partial charge in [0.05, 0.1) is 4.47 Å². The Labute approximate surface area is 136 Å². The molecule has 22 heavy (non-hydrogen) atoms. The van der Waals surface area contributed by atoms with E-state index in [1.54, 1.807) is 36.8 Å². The number of pyridine rings is 1. The first kappa shape index (κ1) is 16.0. The standard InChI is InChI=1S/C12H9BrFN.C4H5N3/c13-11-8-10(1-2-12(11)14)7-9-3-5-15-6-4-9;5-4-1-2-6-3-7-4/h1-6,8H,7H2;1-3H,(H2,5,6,7). The lowest BCUT2D eigenvalue weighted by molar-refractivity contribution is 0.620. The van der Waals surface area contributed by atoms with Crippen LogP contribution >= 0.6 is 15.9 Å². The zero-order chi connectivity index (χ0) is 15.8. The van der Waals surface area contributed by atoms with Crippen LogP contribution in [-0.4, -0.2) is 15.0 Å². The number of anilines is 1. The van der Waals surface area contributed by atoms with Gasteiger partial charge in [-0.05, 0) is 63.8 Å². The van der Waals surface area contributed by atoms with Crippen LogP contribution in [0.3, 0.4) is 0 Å². The molecular formula is C16H14BrFN4. The largest absolute Gasteiger partial charge is 0.384 e. The molecule has 4 nitrogen and oxygen atoms in total. The van der Waals surface area contributed by atoms with Crippen LogP contribution in [-0.2, 0) is 6.42 Å². The number of rotatable bonds is 2. The Hall–Kier alpha value is -2.34. The fourth-order valence-electron chi connectivity index (χ4n) is 1.69. The molecule has 0 aliphatic rings. The molecule has 0 spiro atoms. The summed E-state index contributed by atoms with van der Waals surface area (Å²) in [4.78, 5) is 11.2. The van der Waals surface area contributed by atoms with E-state index in [1.807, 2.05) is 12.1 Å². The van der Waals surface area contributed by atoms with E-state index in [1.165, 1.54) is 18.0 Å². The smallest absolute Gasteiger partial charge is 0.137 e. The fraction of sp³-hybridized carbons (Fsp3) is 0.0625. The van der Waals surface area contributed by atoms with E-state index >= 15 is 0 Å². The van der Waals surface area contributed by atoms with Crippen LogP contribution in [0.1, 0.15) is 11.1 Å². The van der Waals surface area contributed by atoms with Crippen LogP contribution < -0.4 is 5.73 Å². The lowest BCUT2D eigenvalue weighted by Crippen LogP contribution is -1.89. The number of hydrogen-bond acceptors (Lipinski definition) is 4. The number of halogens is 2. The molecule has 0 unspecified atom stereocenters. The molecule has 0 amide bonds. The third kappa shape index (κ3) is 5.21. The minimum atomic E-state index is -0.228. The van der Waals surface area contributed by atoms with Gasteiger partial charge in [0.1, 0.15) is 18.0 Å². The van der Waals surface area contributed by atoms with Gasteiger partial charge in [-0.3, -0.25) is 4.98 Å². The van der Waals surface area contributed by atoms with E-state index in [0.717, 1.165) is 12.0 Å². The second kappa shape index (κ2) is 8.19. The van der Waals surface area contributed by atoms with Gasteiger partial charge in [-0.15, -0.1) is 0 Å². The van der Waals surface area contributed by atoms with Gasteiger partial charge in [0.25, 0.3) is 0 Å². The minimum Gasteiger partial charge on any atom is -0.384 e. The van der Waals surface area contributed by atoms with Crippen LogP contribution in [0.4, 0.5) is 10.2 Å². The molecule has 6 heteroatoms. The fourth-order valence-corrected chi connectivity index (χ4v) is 2.11. The number of nitrogens with two attached hydrogens (primary N) is 1. The zero-order valence-corrected chi connectivity index (χ0v) is 13.2. The number of aromatic nitrogens is 3. The SMILES string of the molecule is Fc1ccc(Cc2ccncc2)cc1Br.Nc1ccncn1. The molecule has 3 rings (SSSR count). The molecule has 2 aromatic heterocycles. The van der Waals surface area contributed by atoms with E-state index in [9.17, 15) is 4.39 Å². The summed E-state index contributed by atoms with van der Waals surface area (Å²) >= 11 is 3.17. The molecule has 0 saturated carbocycles. The van der Waals surface area contributed by atoms with Gasteiger partial charge in [-0.1, -0.05) is 6.07 Å². The summed E-state index contributed by atoms with van der Waals surface area (Å²) in [6.07, 6.45) is 7.32. The molecule has 2 heterocycles. The first-order valence-electron chi connectivity index (χ1n) is 6.49. The summed E-state index contributed by atoms with van der Waals surface area (Å²) in [5, 5.41) is 0. The number of hydrogen-bond donors (Lipinski definition) is 1. The monoisotopic (exact) mass is 360 g/mol. The molecule has 112 valence electrons. The third-order valence-corrected chi connectivity index (χ3v) is 3.35. The van der Waals surface area contributed by atoms with Gasteiger partial charge < -0.3 is 5.73 Å². The Balaban J connectivity index is 0.000000211. The molecule has 0 atom stereocenters. The predicted octanol–water partition coefficient (Wildman–Crippen LogP) is 3.63. The minimum absolute atomic E-state index is 0.228. The normalized spacial score (nSPS) is 9.73. The maximum absolute atomic E-state index is 13.0. The summed E-state index contributed by atoms with van der Waals surface area (Å²) in [6.45, 7) is 0. The van der Waals surface area contributed by atoms with Crippen LogP contribution in [0.25, 0.3) is 0 Å². The van der Waals surface area contributed by atoms with Crippen molar-refractivity contribution in [1.29, 1.82) is 0 Å². The molecule has 2 N–H and O–H groups in total. The van der Waals surface area contributed by atoms with Crippen molar-refractivity contribution in [2.75, 3.05) is 5.73 Å². The maximum Gasteiger partial charge on any atom is 0.137 e. The quantitative estimate of drug-likeness (QED) is 0.757. The Morgan fingerprint density at radius 2 is 1.68 bits per heavy atom. The molecule has 0 radical (unpaired) electrons. The van der Waals surface area contributed by atoms with Crippen molar-refractivity contribution in [2.24, 2.45) is 0 Å². The summed E-state index contributed by atoms with van der Waals surface area (Å²) in [7, 11) is 0. The van der Waals surface area contributed by atoms with Gasteiger partial charge in [0, 0.05) is 18.6 Å². The third-order valence-electron chi connectivity index (χ3n) is 2.75. The average Bonchev–Trinajstić information content (AvgIpc) is 2.53. The van der Waals surface area contributed by atoms with Crippen LogP contribution in [0, 0.1) is 5.82 Å². The van der Waals surface area contributed by atoms with Crippen molar-refractivity contribution in [3.63, 3.8) is 0 Å². The number of benzene rings is 1. The van der Waals surface area contributed by atoms with E-state index in [4.69, 9.17) is 5.73 Å². The van der Waals surface area contributed by atoms with Crippen molar-refractivity contribution in [3.8, 4) is 0 Å². The highest BCUT2D eigenvalue weighted by Crippen LogP contribution is 2.18. The summed E-state index contributed by atoms with van der Waals surface area (Å²) < 4.78 is 13.5. The van der Waals surface area contributed by atoms with Gasteiger partial charge in [0.2, 0.25) is 0 Å². The van der Waals surface area contributed by atoms with Gasteiger partial charge >= 0.3 is 0 Å². The first-order valence-corrected chi connectivity index (χ1v) is 7.29. The highest BCUT2D eigenvalue weighted by atomic mass is 79.9. The molecule has 0 fully saturated rings. The van der Waals surface area contributed by atoms with Gasteiger partial charge in [0.15, 0.2) is 0 Å². The Bertz CT molecular complexity index is 708. The van der Waals surface area contributed by atoms with E-state index < -0.39 is 0 Å². The second-order valence-electron chi connectivity index (χ2n) is 4.41. The molecule has 0 bridgehead atoms. The average molecular weight is 361 g/mol. The maximum atomic E-state index is 13.0. The lowest BCUT2D eigenvalue weighted by atomic mass is 10.1. The highest BCUT2D eigenvalue weighted by Gasteiger charge is 2.01. The van der Waals surface area contributed by atoms with Crippen molar-refractivity contribution in [2.45, 2.75) is 6.42 Å². The van der Waals surface area contributed by atoms with Crippen molar-refractivity contribution < 1.29 is 4.39 Å². The number of nitrogen functional groups attached to an aromatic ring is 1. The predicted molar refractivity (Wildman–Crippen MR) is 87.6 cm³/mol. The van der Waals surface area contributed by atoms with Gasteiger partial charge in [-0.25, -0.2) is 14.4 Å². The molecule has 1 aromatic carbocycles. The first-order chi connectivity index (χ1) is 10.6. The second-order valence-corrected chi connectivity index (χ2v) is 5.27.